The van der Waals surface area contributed by atoms with Gasteiger partial charge in [-0.15, -0.1) is 11.8 Å². The van der Waals surface area contributed by atoms with Crippen LogP contribution in [0, 0.1) is 5.82 Å². The summed E-state index contributed by atoms with van der Waals surface area (Å²) in [6.07, 6.45) is 0.172. The predicted octanol–water partition coefficient (Wildman–Crippen LogP) is 1.95. The molecule has 1 unspecified atom stereocenters. The Morgan fingerprint density at radius 2 is 2.11 bits per heavy atom. The second-order valence-corrected chi connectivity index (χ2v) is 5.09. The molecule has 5 heteroatoms. The van der Waals surface area contributed by atoms with Crippen molar-refractivity contribution < 1.29 is 14.3 Å². The van der Waals surface area contributed by atoms with Crippen molar-refractivity contribution in [2.75, 3.05) is 12.3 Å². The lowest BCUT2D eigenvalue weighted by Gasteiger charge is -2.06. The van der Waals surface area contributed by atoms with E-state index < -0.39 is 6.10 Å². The second kappa shape index (κ2) is 8.11. The monoisotopic (exact) mass is 271 g/mol. The van der Waals surface area contributed by atoms with E-state index in [0.717, 1.165) is 5.56 Å². The van der Waals surface area contributed by atoms with E-state index in [4.69, 9.17) is 5.11 Å². The Kier molecular flexibility index (Phi) is 6.75. The standard InChI is InChI=1S/C13H18FNO2S/c1-10(16)6-7-15-13(17)9-18-8-11-2-4-12(14)5-3-11/h2-5,10,16H,6-9H2,1H3,(H,15,17). The predicted molar refractivity (Wildman–Crippen MR) is 71.9 cm³/mol. The van der Waals surface area contributed by atoms with Gasteiger partial charge in [0.25, 0.3) is 0 Å². The van der Waals surface area contributed by atoms with Crippen molar-refractivity contribution in [3.8, 4) is 0 Å². The number of benzene rings is 1. The van der Waals surface area contributed by atoms with Gasteiger partial charge in [-0.05, 0) is 31.0 Å². The van der Waals surface area contributed by atoms with E-state index in [1.165, 1.54) is 23.9 Å². The first-order valence-corrected chi connectivity index (χ1v) is 7.00. The van der Waals surface area contributed by atoms with Crippen LogP contribution in [0.2, 0.25) is 0 Å². The first-order valence-electron chi connectivity index (χ1n) is 5.85. The summed E-state index contributed by atoms with van der Waals surface area (Å²) in [5.41, 5.74) is 0.998. The van der Waals surface area contributed by atoms with Crippen molar-refractivity contribution in [3.05, 3.63) is 35.6 Å². The average molecular weight is 271 g/mol. The molecule has 0 bridgehead atoms. The molecule has 0 spiro atoms. The molecule has 0 aliphatic heterocycles. The zero-order chi connectivity index (χ0) is 13.4. The first-order chi connectivity index (χ1) is 8.58. The smallest absolute Gasteiger partial charge is 0.230 e. The number of aliphatic hydroxyl groups excluding tert-OH is 1. The van der Waals surface area contributed by atoms with Crippen LogP contribution >= 0.6 is 11.8 Å². The highest BCUT2D eigenvalue weighted by molar-refractivity contribution is 7.99. The molecule has 0 aromatic heterocycles. The van der Waals surface area contributed by atoms with Crippen LogP contribution in [0.5, 0.6) is 0 Å². The van der Waals surface area contributed by atoms with Crippen LogP contribution in [0.4, 0.5) is 4.39 Å². The molecule has 1 amide bonds. The topological polar surface area (TPSA) is 49.3 Å². The number of aliphatic hydroxyl groups is 1. The molecule has 1 aromatic carbocycles. The summed E-state index contributed by atoms with van der Waals surface area (Å²) in [5.74, 6) is 0.767. The van der Waals surface area contributed by atoms with Gasteiger partial charge in [0.05, 0.1) is 11.9 Å². The summed E-state index contributed by atoms with van der Waals surface area (Å²) < 4.78 is 12.7. The summed E-state index contributed by atoms with van der Waals surface area (Å²) in [4.78, 5) is 11.4. The van der Waals surface area contributed by atoms with E-state index in [0.29, 0.717) is 24.5 Å². The van der Waals surface area contributed by atoms with Gasteiger partial charge in [-0.2, -0.15) is 0 Å². The van der Waals surface area contributed by atoms with Crippen LogP contribution in [0.3, 0.4) is 0 Å². The Bertz CT molecular complexity index is 368. The Morgan fingerprint density at radius 3 is 2.72 bits per heavy atom. The van der Waals surface area contributed by atoms with E-state index in [-0.39, 0.29) is 11.7 Å². The van der Waals surface area contributed by atoms with Gasteiger partial charge in [-0.1, -0.05) is 12.1 Å². The molecule has 0 heterocycles. The van der Waals surface area contributed by atoms with Gasteiger partial charge in [-0.25, -0.2) is 4.39 Å². The van der Waals surface area contributed by atoms with E-state index >= 15 is 0 Å². The van der Waals surface area contributed by atoms with Crippen molar-refractivity contribution in [2.45, 2.75) is 25.2 Å². The van der Waals surface area contributed by atoms with Gasteiger partial charge < -0.3 is 10.4 Å². The van der Waals surface area contributed by atoms with Crippen LogP contribution < -0.4 is 5.32 Å². The molecule has 0 saturated carbocycles. The fraction of sp³-hybridized carbons (Fsp3) is 0.462. The van der Waals surface area contributed by atoms with Crippen molar-refractivity contribution in [1.82, 2.24) is 5.32 Å². The Labute approximate surface area is 111 Å². The Hall–Kier alpha value is -1.07. The molecule has 0 saturated heterocycles. The summed E-state index contributed by atoms with van der Waals surface area (Å²) in [7, 11) is 0. The van der Waals surface area contributed by atoms with E-state index in [2.05, 4.69) is 5.32 Å². The fourth-order valence-electron chi connectivity index (χ4n) is 1.31. The highest BCUT2D eigenvalue weighted by Crippen LogP contribution is 2.12. The fourth-order valence-corrected chi connectivity index (χ4v) is 2.13. The molecule has 100 valence electrons. The van der Waals surface area contributed by atoms with Gasteiger partial charge in [0.15, 0.2) is 0 Å². The number of halogens is 1. The third kappa shape index (κ3) is 6.61. The molecule has 3 nitrogen and oxygen atoms in total. The number of rotatable bonds is 7. The molecule has 1 atom stereocenters. The van der Waals surface area contributed by atoms with E-state index in [9.17, 15) is 9.18 Å². The molecule has 0 aliphatic rings. The van der Waals surface area contributed by atoms with Crippen molar-refractivity contribution >= 4 is 17.7 Å². The largest absolute Gasteiger partial charge is 0.393 e. The number of carbonyl (C=O) groups excluding carboxylic acids is 1. The molecule has 18 heavy (non-hydrogen) atoms. The van der Waals surface area contributed by atoms with Crippen LogP contribution in [-0.2, 0) is 10.5 Å². The SMILES string of the molecule is CC(O)CCNC(=O)CSCc1ccc(F)cc1. The van der Waals surface area contributed by atoms with Crippen LogP contribution in [0.25, 0.3) is 0 Å². The minimum Gasteiger partial charge on any atom is -0.393 e. The third-order valence-electron chi connectivity index (χ3n) is 2.30. The van der Waals surface area contributed by atoms with Gasteiger partial charge >= 0.3 is 0 Å². The number of hydrogen-bond donors (Lipinski definition) is 2. The quantitative estimate of drug-likeness (QED) is 0.797. The maximum Gasteiger partial charge on any atom is 0.230 e. The second-order valence-electron chi connectivity index (χ2n) is 4.11. The lowest BCUT2D eigenvalue weighted by atomic mass is 10.2. The normalized spacial score (nSPS) is 12.2. The minimum atomic E-state index is -0.392. The van der Waals surface area contributed by atoms with Crippen LogP contribution in [-0.4, -0.2) is 29.4 Å². The van der Waals surface area contributed by atoms with Crippen LogP contribution in [0.1, 0.15) is 18.9 Å². The first kappa shape index (κ1) is 15.0. The number of amides is 1. The summed E-state index contributed by atoms with van der Waals surface area (Å²) in [5, 5.41) is 11.8. The lowest BCUT2D eigenvalue weighted by Crippen LogP contribution is -2.28. The number of carbonyl (C=O) groups is 1. The zero-order valence-electron chi connectivity index (χ0n) is 10.4. The van der Waals surface area contributed by atoms with Gasteiger partial charge in [-0.3, -0.25) is 4.79 Å². The number of thioether (sulfide) groups is 1. The molecule has 1 rings (SSSR count). The van der Waals surface area contributed by atoms with Crippen molar-refractivity contribution in [1.29, 1.82) is 0 Å². The molecule has 1 aromatic rings. The maximum absolute atomic E-state index is 12.7. The molecular formula is C13H18FNO2S. The molecule has 0 radical (unpaired) electrons. The van der Waals surface area contributed by atoms with Crippen molar-refractivity contribution in [3.63, 3.8) is 0 Å². The third-order valence-corrected chi connectivity index (χ3v) is 3.30. The maximum atomic E-state index is 12.7. The summed E-state index contributed by atoms with van der Waals surface area (Å²) in [6.45, 7) is 2.18. The van der Waals surface area contributed by atoms with E-state index in [1.54, 1.807) is 19.1 Å². The zero-order valence-corrected chi connectivity index (χ0v) is 11.2. The molecular weight excluding hydrogens is 253 g/mol. The summed E-state index contributed by atoms with van der Waals surface area (Å²) in [6, 6.07) is 6.26. The molecule has 0 aliphatic carbocycles. The highest BCUT2D eigenvalue weighted by Gasteiger charge is 2.02. The van der Waals surface area contributed by atoms with Gasteiger partial charge in [0.2, 0.25) is 5.91 Å². The Balaban J connectivity index is 2.13. The molecule has 0 fully saturated rings. The van der Waals surface area contributed by atoms with Gasteiger partial charge in [0, 0.05) is 12.3 Å². The highest BCUT2D eigenvalue weighted by atomic mass is 32.2. The Morgan fingerprint density at radius 1 is 1.44 bits per heavy atom. The minimum absolute atomic E-state index is 0.0391. The van der Waals surface area contributed by atoms with Crippen molar-refractivity contribution in [2.24, 2.45) is 0 Å². The number of nitrogens with one attached hydrogen (secondary N) is 1. The molecule has 2 N–H and O–H groups in total. The summed E-state index contributed by atoms with van der Waals surface area (Å²) >= 11 is 1.48. The average Bonchev–Trinajstić information content (AvgIpc) is 2.31. The van der Waals surface area contributed by atoms with Gasteiger partial charge in [0.1, 0.15) is 5.82 Å². The van der Waals surface area contributed by atoms with Crippen LogP contribution in [0.15, 0.2) is 24.3 Å². The lowest BCUT2D eigenvalue weighted by molar-refractivity contribution is -0.118. The number of hydrogen-bond acceptors (Lipinski definition) is 3. The van der Waals surface area contributed by atoms with E-state index in [1.807, 2.05) is 0 Å².